The van der Waals surface area contributed by atoms with Crippen LogP contribution in [0.15, 0.2) is 0 Å². The highest BCUT2D eigenvalue weighted by molar-refractivity contribution is 5.68. The fourth-order valence-corrected chi connectivity index (χ4v) is 2.75. The van der Waals surface area contributed by atoms with E-state index >= 15 is 0 Å². The summed E-state index contributed by atoms with van der Waals surface area (Å²) in [7, 11) is 0. The summed E-state index contributed by atoms with van der Waals surface area (Å²) in [5.74, 6) is -0.00841. The van der Waals surface area contributed by atoms with E-state index < -0.39 is 5.97 Å². The maximum Gasteiger partial charge on any atom is 0.305 e. The van der Waals surface area contributed by atoms with Crippen molar-refractivity contribution in [2.45, 2.75) is 44.2 Å². The largest absolute Gasteiger partial charge is 0.481 e. The monoisotopic (exact) mass is 212 g/mol. The van der Waals surface area contributed by atoms with Gasteiger partial charge in [0.25, 0.3) is 0 Å². The van der Waals surface area contributed by atoms with E-state index in [1.165, 1.54) is 19.3 Å². The molecule has 4 heteroatoms. The smallest absolute Gasteiger partial charge is 0.305 e. The minimum Gasteiger partial charge on any atom is -0.481 e. The number of nitrogens with one attached hydrogen (secondary N) is 2. The van der Waals surface area contributed by atoms with Crippen LogP contribution in [-0.2, 0) is 4.79 Å². The summed E-state index contributed by atoms with van der Waals surface area (Å²) in [6, 6.07) is 0.520. The van der Waals surface area contributed by atoms with Gasteiger partial charge in [0.15, 0.2) is 0 Å². The molecule has 1 saturated heterocycles. The van der Waals surface area contributed by atoms with Crippen LogP contribution in [0.2, 0.25) is 0 Å². The molecule has 2 fully saturated rings. The summed E-state index contributed by atoms with van der Waals surface area (Å²) >= 11 is 0. The second-order valence-corrected chi connectivity index (χ2v) is 5.11. The molecule has 0 radical (unpaired) electrons. The van der Waals surface area contributed by atoms with Crippen molar-refractivity contribution in [3.05, 3.63) is 0 Å². The van der Waals surface area contributed by atoms with Crippen LogP contribution >= 0.6 is 0 Å². The molecule has 2 atom stereocenters. The van der Waals surface area contributed by atoms with E-state index in [9.17, 15) is 4.79 Å². The van der Waals surface area contributed by atoms with Gasteiger partial charge in [0.05, 0.1) is 12.0 Å². The third-order valence-corrected chi connectivity index (χ3v) is 3.77. The highest BCUT2D eigenvalue weighted by Gasteiger charge is 2.41. The Morgan fingerprint density at radius 1 is 1.53 bits per heavy atom. The van der Waals surface area contributed by atoms with Crippen LogP contribution in [0.1, 0.15) is 32.6 Å². The Morgan fingerprint density at radius 3 is 2.67 bits per heavy atom. The molecule has 1 heterocycles. The molecule has 1 aliphatic heterocycles. The van der Waals surface area contributed by atoms with Crippen molar-refractivity contribution in [1.29, 1.82) is 0 Å². The second-order valence-electron chi connectivity index (χ2n) is 5.11. The molecule has 0 aromatic rings. The van der Waals surface area contributed by atoms with E-state index in [0.29, 0.717) is 12.0 Å². The lowest BCUT2D eigenvalue weighted by Gasteiger charge is -2.45. The summed E-state index contributed by atoms with van der Waals surface area (Å²) in [4.78, 5) is 10.8. The molecule has 1 aliphatic carbocycles. The first-order valence-corrected chi connectivity index (χ1v) is 5.81. The minimum atomic E-state index is -0.699. The molecule has 86 valence electrons. The van der Waals surface area contributed by atoms with Gasteiger partial charge >= 0.3 is 5.97 Å². The highest BCUT2D eigenvalue weighted by Crippen LogP contribution is 2.28. The van der Waals surface area contributed by atoms with Gasteiger partial charge in [0.1, 0.15) is 0 Å². The molecule has 0 aromatic carbocycles. The Kier molecular flexibility index (Phi) is 2.98. The van der Waals surface area contributed by atoms with Gasteiger partial charge in [-0.05, 0) is 18.8 Å². The van der Waals surface area contributed by atoms with Crippen LogP contribution in [0.4, 0.5) is 0 Å². The van der Waals surface area contributed by atoms with Crippen LogP contribution < -0.4 is 10.6 Å². The lowest BCUT2D eigenvalue weighted by molar-refractivity contribution is -0.139. The first-order valence-electron chi connectivity index (χ1n) is 5.81. The van der Waals surface area contributed by atoms with E-state index in [1.807, 2.05) is 0 Å². The lowest BCUT2D eigenvalue weighted by atomic mass is 9.86. The molecule has 0 amide bonds. The summed E-state index contributed by atoms with van der Waals surface area (Å²) in [6.45, 7) is 3.84. The molecule has 0 spiro atoms. The summed E-state index contributed by atoms with van der Waals surface area (Å²) in [6.07, 6.45) is 3.98. The van der Waals surface area contributed by atoms with Gasteiger partial charge in [-0.25, -0.2) is 0 Å². The zero-order chi connectivity index (χ0) is 10.9. The summed E-state index contributed by atoms with van der Waals surface area (Å²) in [5, 5.41) is 15.6. The van der Waals surface area contributed by atoms with E-state index in [1.54, 1.807) is 0 Å². The highest BCUT2D eigenvalue weighted by atomic mass is 16.4. The van der Waals surface area contributed by atoms with Crippen LogP contribution in [0.25, 0.3) is 0 Å². The first kappa shape index (κ1) is 10.9. The number of hydrogen-bond donors (Lipinski definition) is 3. The molecule has 2 unspecified atom stereocenters. The predicted molar refractivity (Wildman–Crippen MR) is 57.8 cm³/mol. The molecule has 0 bridgehead atoms. The third kappa shape index (κ3) is 2.32. The molecule has 2 rings (SSSR count). The Hall–Kier alpha value is -0.610. The maximum absolute atomic E-state index is 10.8. The zero-order valence-corrected chi connectivity index (χ0v) is 9.25. The van der Waals surface area contributed by atoms with Gasteiger partial charge in [-0.3, -0.25) is 4.79 Å². The van der Waals surface area contributed by atoms with Gasteiger partial charge < -0.3 is 15.7 Å². The number of carbonyl (C=O) groups is 1. The quantitative estimate of drug-likeness (QED) is 0.638. The number of rotatable bonds is 4. The van der Waals surface area contributed by atoms with Gasteiger partial charge in [0, 0.05) is 19.1 Å². The predicted octanol–water partition coefficient (Wildman–Crippen LogP) is 0.581. The van der Waals surface area contributed by atoms with Crippen molar-refractivity contribution in [1.82, 2.24) is 10.6 Å². The molecule has 15 heavy (non-hydrogen) atoms. The van der Waals surface area contributed by atoms with Crippen LogP contribution in [0.5, 0.6) is 0 Å². The molecule has 0 aromatic heterocycles. The molecule has 3 N–H and O–H groups in total. The average molecular weight is 212 g/mol. The van der Waals surface area contributed by atoms with Crippen molar-refractivity contribution in [2.75, 3.05) is 13.1 Å². The third-order valence-electron chi connectivity index (χ3n) is 3.77. The van der Waals surface area contributed by atoms with E-state index in [4.69, 9.17) is 5.11 Å². The number of carboxylic acid groups (broad SMARTS) is 1. The fourth-order valence-electron chi connectivity index (χ4n) is 2.75. The Morgan fingerprint density at radius 2 is 2.27 bits per heavy atom. The van der Waals surface area contributed by atoms with Crippen molar-refractivity contribution in [3.8, 4) is 0 Å². The van der Waals surface area contributed by atoms with Crippen molar-refractivity contribution in [3.63, 3.8) is 0 Å². The molecule has 4 nitrogen and oxygen atoms in total. The molecule has 2 aliphatic rings. The van der Waals surface area contributed by atoms with Gasteiger partial charge in [-0.15, -0.1) is 0 Å². The number of hydrogen-bond acceptors (Lipinski definition) is 3. The van der Waals surface area contributed by atoms with Crippen molar-refractivity contribution >= 4 is 5.97 Å². The normalized spacial score (nSPS) is 33.7. The van der Waals surface area contributed by atoms with Crippen molar-refractivity contribution in [2.24, 2.45) is 5.92 Å². The number of carboxylic acids is 1. The Labute approximate surface area is 90.4 Å². The fraction of sp³-hybridized carbons (Fsp3) is 0.909. The standard InChI is InChI=1S/C11H20N2O2/c1-8-3-2-4-9(8)13-11(5-10(14)15)6-12-7-11/h8-9,12-13H,2-7H2,1H3,(H,14,15). The molecule has 1 saturated carbocycles. The van der Waals surface area contributed by atoms with Gasteiger partial charge in [0.2, 0.25) is 0 Å². The summed E-state index contributed by atoms with van der Waals surface area (Å²) < 4.78 is 0. The van der Waals surface area contributed by atoms with E-state index in [2.05, 4.69) is 17.6 Å². The second kappa shape index (κ2) is 4.10. The van der Waals surface area contributed by atoms with Crippen LogP contribution in [0, 0.1) is 5.92 Å². The van der Waals surface area contributed by atoms with Crippen molar-refractivity contribution < 1.29 is 9.90 Å². The van der Waals surface area contributed by atoms with Gasteiger partial charge in [-0.2, -0.15) is 0 Å². The maximum atomic E-state index is 10.8. The summed E-state index contributed by atoms with van der Waals surface area (Å²) in [5.41, 5.74) is -0.172. The number of aliphatic carboxylic acids is 1. The Bertz CT molecular complexity index is 251. The van der Waals surface area contributed by atoms with Crippen LogP contribution in [-0.4, -0.2) is 35.7 Å². The molecular formula is C11H20N2O2. The van der Waals surface area contributed by atoms with E-state index in [-0.39, 0.29) is 12.0 Å². The molecular weight excluding hydrogens is 192 g/mol. The minimum absolute atomic E-state index is 0.172. The zero-order valence-electron chi connectivity index (χ0n) is 9.25. The van der Waals surface area contributed by atoms with E-state index in [0.717, 1.165) is 13.1 Å². The van der Waals surface area contributed by atoms with Gasteiger partial charge in [-0.1, -0.05) is 13.3 Å². The topological polar surface area (TPSA) is 61.4 Å². The lowest BCUT2D eigenvalue weighted by Crippen LogP contribution is -2.70. The van der Waals surface area contributed by atoms with Crippen LogP contribution in [0.3, 0.4) is 0 Å². The SMILES string of the molecule is CC1CCCC1NC1(CC(=O)O)CNC1. The average Bonchev–Trinajstić information content (AvgIpc) is 2.47. The Balaban J connectivity index is 1.92. The first-order chi connectivity index (χ1) is 7.11.